The van der Waals surface area contributed by atoms with E-state index in [0.717, 1.165) is 18.2 Å². The van der Waals surface area contributed by atoms with Crippen LogP contribution in [0, 0.1) is 6.92 Å². The first-order chi connectivity index (χ1) is 9.56. The van der Waals surface area contributed by atoms with Crippen LogP contribution in [0.1, 0.15) is 17.0 Å². The van der Waals surface area contributed by atoms with E-state index in [-0.39, 0.29) is 5.75 Å². The van der Waals surface area contributed by atoms with Gasteiger partial charge in [-0.1, -0.05) is 41.6 Å². The molecule has 2 aromatic rings. The molecular weight excluding hydrogens is 276 g/mol. The lowest BCUT2D eigenvalue weighted by Gasteiger charge is -2.04. The number of aromatic nitrogens is 3. The summed E-state index contributed by atoms with van der Waals surface area (Å²) in [6.07, 6.45) is 1.49. The number of aliphatic carboxylic acids is 1. The maximum absolute atomic E-state index is 10.5. The molecule has 106 valence electrons. The van der Waals surface area contributed by atoms with E-state index >= 15 is 0 Å². The van der Waals surface area contributed by atoms with Gasteiger partial charge < -0.3 is 10.9 Å². The minimum absolute atomic E-state index is 0.0762. The van der Waals surface area contributed by atoms with Crippen LogP contribution in [-0.2, 0) is 17.6 Å². The van der Waals surface area contributed by atoms with Gasteiger partial charge in [-0.05, 0) is 18.9 Å². The molecule has 1 heterocycles. The van der Waals surface area contributed by atoms with Gasteiger partial charge in [-0.25, -0.2) is 4.68 Å². The van der Waals surface area contributed by atoms with Crippen LogP contribution in [0.25, 0.3) is 0 Å². The summed E-state index contributed by atoms with van der Waals surface area (Å²) in [5.74, 6) is 5.53. The second kappa shape index (κ2) is 6.42. The Morgan fingerprint density at radius 2 is 2.20 bits per heavy atom. The van der Waals surface area contributed by atoms with E-state index in [4.69, 9.17) is 10.9 Å². The van der Waals surface area contributed by atoms with Gasteiger partial charge in [0.1, 0.15) is 0 Å². The van der Waals surface area contributed by atoms with Crippen molar-refractivity contribution in [3.05, 3.63) is 41.2 Å². The minimum atomic E-state index is -0.903. The Morgan fingerprint density at radius 1 is 1.40 bits per heavy atom. The smallest absolute Gasteiger partial charge is 0.313 e. The third-order valence-electron chi connectivity index (χ3n) is 2.78. The number of nitrogens with two attached hydrogens (primary N) is 1. The van der Waals surface area contributed by atoms with Crippen molar-refractivity contribution < 1.29 is 9.90 Å². The monoisotopic (exact) mass is 292 g/mol. The molecule has 0 aliphatic rings. The number of nitrogens with zero attached hydrogens (tertiary/aromatic N) is 3. The number of carboxylic acid groups (broad SMARTS) is 1. The summed E-state index contributed by atoms with van der Waals surface area (Å²) in [5, 5.41) is 17.0. The molecule has 0 saturated heterocycles. The van der Waals surface area contributed by atoms with Crippen molar-refractivity contribution in [2.75, 3.05) is 11.6 Å². The van der Waals surface area contributed by atoms with Crippen LogP contribution in [0.5, 0.6) is 0 Å². The number of carboxylic acids is 1. The summed E-state index contributed by atoms with van der Waals surface area (Å²) in [5.41, 5.74) is 2.43. The van der Waals surface area contributed by atoms with Crippen molar-refractivity contribution >= 4 is 17.7 Å². The molecule has 0 unspecified atom stereocenters. The summed E-state index contributed by atoms with van der Waals surface area (Å²) in [7, 11) is 0. The van der Waals surface area contributed by atoms with Crippen molar-refractivity contribution in [1.29, 1.82) is 0 Å². The van der Waals surface area contributed by atoms with E-state index in [1.165, 1.54) is 15.8 Å². The molecule has 1 aromatic carbocycles. The molecule has 1 aromatic heterocycles. The molecule has 0 bridgehead atoms. The largest absolute Gasteiger partial charge is 0.481 e. The topological polar surface area (TPSA) is 94.0 Å². The lowest BCUT2D eigenvalue weighted by molar-refractivity contribution is -0.133. The number of carbonyl (C=O) groups is 1. The molecule has 0 saturated carbocycles. The first kappa shape index (κ1) is 14.4. The van der Waals surface area contributed by atoms with E-state index in [2.05, 4.69) is 35.3 Å². The fourth-order valence-corrected chi connectivity index (χ4v) is 2.42. The predicted molar refractivity (Wildman–Crippen MR) is 77.1 cm³/mol. The average molecular weight is 292 g/mol. The fraction of sp³-hybridized carbons (Fsp3) is 0.308. The number of hydrogen-bond donors (Lipinski definition) is 2. The summed E-state index contributed by atoms with van der Waals surface area (Å²) in [6.45, 7) is 2.05. The van der Waals surface area contributed by atoms with Gasteiger partial charge in [-0.2, -0.15) is 0 Å². The summed E-state index contributed by atoms with van der Waals surface area (Å²) in [4.78, 5) is 10.5. The minimum Gasteiger partial charge on any atom is -0.481 e. The Balaban J connectivity index is 1.98. The zero-order valence-electron chi connectivity index (χ0n) is 11.1. The maximum atomic E-state index is 10.5. The number of rotatable bonds is 6. The van der Waals surface area contributed by atoms with Crippen molar-refractivity contribution in [3.8, 4) is 0 Å². The quantitative estimate of drug-likeness (QED) is 0.615. The van der Waals surface area contributed by atoms with E-state index in [0.29, 0.717) is 17.4 Å². The summed E-state index contributed by atoms with van der Waals surface area (Å²) in [6, 6.07) is 8.25. The Bertz CT molecular complexity index is 612. The van der Waals surface area contributed by atoms with Gasteiger partial charge in [0.05, 0.1) is 5.75 Å². The molecule has 0 spiro atoms. The summed E-state index contributed by atoms with van der Waals surface area (Å²) < 4.78 is 1.36. The normalized spacial score (nSPS) is 10.7. The molecule has 0 atom stereocenters. The van der Waals surface area contributed by atoms with Crippen LogP contribution < -0.4 is 5.84 Å². The van der Waals surface area contributed by atoms with Gasteiger partial charge in [0, 0.05) is 6.42 Å². The van der Waals surface area contributed by atoms with Gasteiger partial charge in [0.2, 0.25) is 5.16 Å². The molecule has 0 aliphatic carbocycles. The molecular formula is C13H16N4O2S. The standard InChI is InChI=1S/C13H16N4O2S/c1-9-3-2-4-10(7-9)5-6-11-15-16-13(17(11)14)20-8-12(18)19/h2-4,7H,5-6,8,14H2,1H3,(H,18,19). The molecule has 2 rings (SSSR count). The lowest BCUT2D eigenvalue weighted by Crippen LogP contribution is -2.15. The fourth-order valence-electron chi connectivity index (χ4n) is 1.83. The number of benzene rings is 1. The van der Waals surface area contributed by atoms with Gasteiger partial charge in [0.25, 0.3) is 0 Å². The Hall–Kier alpha value is -2.02. The SMILES string of the molecule is Cc1cccc(CCc2nnc(SCC(=O)O)n2N)c1. The molecule has 0 amide bonds. The number of aryl methyl sites for hydroxylation is 3. The molecule has 7 heteroatoms. The number of thioether (sulfide) groups is 1. The highest BCUT2D eigenvalue weighted by atomic mass is 32.2. The lowest BCUT2D eigenvalue weighted by atomic mass is 10.1. The van der Waals surface area contributed by atoms with Gasteiger partial charge in [-0.3, -0.25) is 4.79 Å². The van der Waals surface area contributed by atoms with Crippen LogP contribution in [0.4, 0.5) is 0 Å². The van der Waals surface area contributed by atoms with E-state index < -0.39 is 5.97 Å². The summed E-state index contributed by atoms with van der Waals surface area (Å²) >= 11 is 1.06. The van der Waals surface area contributed by atoms with Gasteiger partial charge >= 0.3 is 5.97 Å². The number of nitrogen functional groups attached to an aromatic ring is 1. The van der Waals surface area contributed by atoms with Crippen LogP contribution in [0.2, 0.25) is 0 Å². The average Bonchev–Trinajstić information content (AvgIpc) is 2.75. The second-order valence-corrected chi connectivity index (χ2v) is 5.38. The molecule has 3 N–H and O–H groups in total. The zero-order valence-corrected chi connectivity index (χ0v) is 11.9. The van der Waals surface area contributed by atoms with Crippen LogP contribution >= 0.6 is 11.8 Å². The molecule has 0 radical (unpaired) electrons. The third-order valence-corrected chi connectivity index (χ3v) is 3.71. The van der Waals surface area contributed by atoms with E-state index in [1.54, 1.807) is 0 Å². The first-order valence-corrected chi connectivity index (χ1v) is 7.14. The number of hydrogen-bond acceptors (Lipinski definition) is 5. The molecule has 0 aliphatic heterocycles. The highest BCUT2D eigenvalue weighted by Crippen LogP contribution is 2.15. The predicted octanol–water partition coefficient (Wildman–Crippen LogP) is 1.26. The van der Waals surface area contributed by atoms with Gasteiger partial charge in [0.15, 0.2) is 5.82 Å². The van der Waals surface area contributed by atoms with Crippen LogP contribution in [0.3, 0.4) is 0 Å². The molecule has 0 fully saturated rings. The second-order valence-electron chi connectivity index (χ2n) is 4.44. The Kier molecular flexibility index (Phi) is 4.62. The maximum Gasteiger partial charge on any atom is 0.313 e. The van der Waals surface area contributed by atoms with Crippen molar-refractivity contribution in [2.45, 2.75) is 24.9 Å². The molecule has 20 heavy (non-hydrogen) atoms. The van der Waals surface area contributed by atoms with Crippen LogP contribution in [-0.4, -0.2) is 31.7 Å². The van der Waals surface area contributed by atoms with E-state index in [9.17, 15) is 4.79 Å². The highest BCUT2D eigenvalue weighted by molar-refractivity contribution is 7.99. The van der Waals surface area contributed by atoms with Crippen molar-refractivity contribution in [2.24, 2.45) is 0 Å². The molecule has 6 nitrogen and oxygen atoms in total. The van der Waals surface area contributed by atoms with Crippen molar-refractivity contribution in [1.82, 2.24) is 14.9 Å². The van der Waals surface area contributed by atoms with E-state index in [1.807, 2.05) is 6.07 Å². The van der Waals surface area contributed by atoms with Crippen LogP contribution in [0.15, 0.2) is 29.4 Å². The Morgan fingerprint density at radius 3 is 2.90 bits per heavy atom. The van der Waals surface area contributed by atoms with Gasteiger partial charge in [-0.15, -0.1) is 10.2 Å². The van der Waals surface area contributed by atoms with Crippen molar-refractivity contribution in [3.63, 3.8) is 0 Å². The Labute approximate surface area is 121 Å². The first-order valence-electron chi connectivity index (χ1n) is 6.16. The zero-order chi connectivity index (χ0) is 14.5. The highest BCUT2D eigenvalue weighted by Gasteiger charge is 2.11. The third kappa shape index (κ3) is 3.74.